The Bertz CT molecular complexity index is 246. The number of nitrogens with two attached hydrogens (primary N) is 1. The molecule has 1 rings (SSSR count). The van der Waals surface area contributed by atoms with Crippen LogP contribution in [0.15, 0.2) is 16.3 Å². The molecule has 0 aliphatic rings. The van der Waals surface area contributed by atoms with Gasteiger partial charge in [-0.15, -0.1) is 24.0 Å². The van der Waals surface area contributed by atoms with Crippen LogP contribution < -0.4 is 11.3 Å². The van der Waals surface area contributed by atoms with E-state index in [1.807, 2.05) is 5.43 Å². The highest BCUT2D eigenvalue weighted by Crippen LogP contribution is 2.18. The third-order valence-corrected chi connectivity index (χ3v) is 2.26. The SMILES string of the molecule is NNC(=O)c1ccc(S)s1. The molecule has 5 heteroatoms. The van der Waals surface area contributed by atoms with Crippen LogP contribution in [0.1, 0.15) is 9.67 Å². The zero-order valence-electron chi connectivity index (χ0n) is 5.00. The highest BCUT2D eigenvalue weighted by Gasteiger charge is 2.04. The number of rotatable bonds is 1. The maximum atomic E-state index is 10.8. The molecule has 10 heavy (non-hydrogen) atoms. The van der Waals surface area contributed by atoms with Crippen LogP contribution in [0, 0.1) is 0 Å². The molecule has 0 aliphatic heterocycles. The summed E-state index contributed by atoms with van der Waals surface area (Å²) in [5.74, 6) is 4.62. The van der Waals surface area contributed by atoms with E-state index in [4.69, 9.17) is 5.84 Å². The van der Waals surface area contributed by atoms with E-state index in [1.165, 1.54) is 11.3 Å². The summed E-state index contributed by atoms with van der Waals surface area (Å²) in [5.41, 5.74) is 2.03. The molecule has 1 aromatic rings. The van der Waals surface area contributed by atoms with E-state index < -0.39 is 0 Å². The Morgan fingerprint density at radius 1 is 1.70 bits per heavy atom. The van der Waals surface area contributed by atoms with Crippen LogP contribution in [0.25, 0.3) is 0 Å². The smallest absolute Gasteiger partial charge is 0.275 e. The molecule has 0 atom stereocenters. The van der Waals surface area contributed by atoms with Crippen LogP contribution in [0.4, 0.5) is 0 Å². The van der Waals surface area contributed by atoms with Crippen LogP contribution >= 0.6 is 24.0 Å². The van der Waals surface area contributed by atoms with E-state index >= 15 is 0 Å². The highest BCUT2D eigenvalue weighted by molar-refractivity contribution is 7.82. The summed E-state index contributed by atoms with van der Waals surface area (Å²) in [7, 11) is 0. The molecular weight excluding hydrogens is 168 g/mol. The largest absolute Gasteiger partial charge is 0.289 e. The first-order valence-corrected chi connectivity index (χ1v) is 3.80. The van der Waals surface area contributed by atoms with Crippen molar-refractivity contribution in [2.24, 2.45) is 5.84 Å². The third-order valence-electron chi connectivity index (χ3n) is 0.947. The summed E-state index contributed by atoms with van der Waals surface area (Å²) in [6, 6.07) is 3.42. The molecule has 0 unspecified atom stereocenters. The van der Waals surface area contributed by atoms with Gasteiger partial charge in [0.1, 0.15) is 0 Å². The van der Waals surface area contributed by atoms with Crippen molar-refractivity contribution in [3.8, 4) is 0 Å². The number of amides is 1. The van der Waals surface area contributed by atoms with Gasteiger partial charge < -0.3 is 0 Å². The predicted molar refractivity (Wildman–Crippen MR) is 43.2 cm³/mol. The summed E-state index contributed by atoms with van der Waals surface area (Å²) >= 11 is 5.33. The van der Waals surface area contributed by atoms with Crippen molar-refractivity contribution in [1.82, 2.24) is 5.43 Å². The molecule has 0 bridgehead atoms. The molecule has 3 N–H and O–H groups in total. The van der Waals surface area contributed by atoms with Gasteiger partial charge in [-0.3, -0.25) is 10.2 Å². The molecule has 0 saturated carbocycles. The van der Waals surface area contributed by atoms with Crippen LogP contribution in [0.2, 0.25) is 0 Å². The molecule has 3 nitrogen and oxygen atoms in total. The Balaban J connectivity index is 2.85. The van der Waals surface area contributed by atoms with Gasteiger partial charge in [-0.2, -0.15) is 0 Å². The van der Waals surface area contributed by atoms with E-state index in [1.54, 1.807) is 12.1 Å². The maximum Gasteiger partial charge on any atom is 0.275 e. The zero-order valence-corrected chi connectivity index (χ0v) is 6.71. The van der Waals surface area contributed by atoms with Crippen molar-refractivity contribution in [3.63, 3.8) is 0 Å². The van der Waals surface area contributed by atoms with Crippen LogP contribution in [-0.4, -0.2) is 5.91 Å². The first-order chi connectivity index (χ1) is 4.74. The van der Waals surface area contributed by atoms with E-state index in [9.17, 15) is 4.79 Å². The summed E-state index contributed by atoms with van der Waals surface area (Å²) in [5, 5.41) is 0. The molecule has 0 aliphatic carbocycles. The summed E-state index contributed by atoms with van der Waals surface area (Å²) in [4.78, 5) is 11.3. The fraction of sp³-hybridized carbons (Fsp3) is 0. The van der Waals surface area contributed by atoms with Crippen LogP contribution in [0.3, 0.4) is 0 Å². The van der Waals surface area contributed by atoms with Crippen LogP contribution in [0.5, 0.6) is 0 Å². The lowest BCUT2D eigenvalue weighted by atomic mass is 10.5. The van der Waals surface area contributed by atoms with Gasteiger partial charge in [0.15, 0.2) is 0 Å². The second kappa shape index (κ2) is 3.05. The number of carbonyl (C=O) groups is 1. The number of hydrogen-bond donors (Lipinski definition) is 3. The molecule has 54 valence electrons. The average molecular weight is 174 g/mol. The van der Waals surface area contributed by atoms with Gasteiger partial charge in [0.25, 0.3) is 5.91 Å². The minimum absolute atomic E-state index is 0.273. The molecule has 1 heterocycles. The molecular formula is C5H6N2OS2. The Hall–Kier alpha value is -0.520. The fourth-order valence-electron chi connectivity index (χ4n) is 0.521. The Kier molecular flexibility index (Phi) is 2.31. The molecule has 0 saturated heterocycles. The van der Waals surface area contributed by atoms with Crippen molar-refractivity contribution in [2.45, 2.75) is 4.21 Å². The molecule has 1 amide bonds. The van der Waals surface area contributed by atoms with Gasteiger partial charge in [-0.05, 0) is 12.1 Å². The lowest BCUT2D eigenvalue weighted by Gasteiger charge is -1.90. The van der Waals surface area contributed by atoms with Gasteiger partial charge in [-0.1, -0.05) is 0 Å². The van der Waals surface area contributed by atoms with E-state index in [2.05, 4.69) is 12.6 Å². The molecule has 0 fully saturated rings. The van der Waals surface area contributed by atoms with E-state index in [0.29, 0.717) is 4.88 Å². The van der Waals surface area contributed by atoms with Gasteiger partial charge >= 0.3 is 0 Å². The molecule has 0 aromatic carbocycles. The molecule has 0 radical (unpaired) electrons. The monoisotopic (exact) mass is 174 g/mol. The minimum Gasteiger partial charge on any atom is -0.289 e. The number of hydrazine groups is 1. The number of hydrogen-bond acceptors (Lipinski definition) is 4. The Labute approximate surface area is 67.6 Å². The third kappa shape index (κ3) is 1.50. The summed E-state index contributed by atoms with van der Waals surface area (Å²) in [6.07, 6.45) is 0. The predicted octanol–water partition coefficient (Wildman–Crippen LogP) is 0.640. The normalized spacial score (nSPS) is 9.40. The van der Waals surface area contributed by atoms with Crippen molar-refractivity contribution in [1.29, 1.82) is 0 Å². The fourth-order valence-corrected chi connectivity index (χ4v) is 1.54. The quantitative estimate of drug-likeness (QED) is 0.253. The van der Waals surface area contributed by atoms with Gasteiger partial charge in [-0.25, -0.2) is 5.84 Å². The molecule has 1 aromatic heterocycles. The second-order valence-corrected chi connectivity index (χ2v) is 3.48. The lowest BCUT2D eigenvalue weighted by molar-refractivity contribution is 0.0957. The topological polar surface area (TPSA) is 55.1 Å². The number of thiophene rings is 1. The lowest BCUT2D eigenvalue weighted by Crippen LogP contribution is -2.29. The minimum atomic E-state index is -0.273. The number of thiol groups is 1. The Morgan fingerprint density at radius 2 is 2.40 bits per heavy atom. The Morgan fingerprint density at radius 3 is 2.80 bits per heavy atom. The summed E-state index contributed by atoms with van der Waals surface area (Å²) in [6.45, 7) is 0. The number of nitrogen functional groups attached to an aromatic ring is 1. The van der Waals surface area contributed by atoms with Crippen LogP contribution in [-0.2, 0) is 0 Å². The van der Waals surface area contributed by atoms with Crippen molar-refractivity contribution >= 4 is 29.9 Å². The van der Waals surface area contributed by atoms with Crippen molar-refractivity contribution in [3.05, 3.63) is 17.0 Å². The number of nitrogens with one attached hydrogen (secondary N) is 1. The highest BCUT2D eigenvalue weighted by atomic mass is 32.2. The average Bonchev–Trinajstić information content (AvgIpc) is 2.34. The maximum absolute atomic E-state index is 10.8. The standard InChI is InChI=1S/C5H6N2OS2/c6-7-5(8)3-1-2-4(9)10-3/h1-2,9H,6H2,(H,7,8). The van der Waals surface area contributed by atoms with Gasteiger partial charge in [0.05, 0.1) is 9.09 Å². The van der Waals surface area contributed by atoms with Gasteiger partial charge in [0.2, 0.25) is 0 Å². The second-order valence-electron chi connectivity index (χ2n) is 1.61. The zero-order chi connectivity index (χ0) is 7.56. The van der Waals surface area contributed by atoms with Gasteiger partial charge in [0, 0.05) is 0 Å². The van der Waals surface area contributed by atoms with E-state index in [-0.39, 0.29) is 5.91 Å². The first kappa shape index (κ1) is 7.59. The van der Waals surface area contributed by atoms with Crippen molar-refractivity contribution in [2.75, 3.05) is 0 Å². The molecule has 0 spiro atoms. The summed E-state index contributed by atoms with van der Waals surface area (Å²) < 4.78 is 0.804. The number of carbonyl (C=O) groups excluding carboxylic acids is 1. The van der Waals surface area contributed by atoms with E-state index in [0.717, 1.165) is 4.21 Å². The van der Waals surface area contributed by atoms with Crippen molar-refractivity contribution < 1.29 is 4.79 Å². The first-order valence-electron chi connectivity index (χ1n) is 2.54.